The summed E-state index contributed by atoms with van der Waals surface area (Å²) in [6, 6.07) is 19.6. The van der Waals surface area contributed by atoms with Gasteiger partial charge in [-0.3, -0.25) is 4.68 Å². The summed E-state index contributed by atoms with van der Waals surface area (Å²) >= 11 is 0. The van der Waals surface area contributed by atoms with Gasteiger partial charge in [0.15, 0.2) is 0 Å². The monoisotopic (exact) mass is 332 g/mol. The minimum Gasteiger partial charge on any atom is -0.489 e. The van der Waals surface area contributed by atoms with E-state index in [0.717, 1.165) is 30.9 Å². The van der Waals surface area contributed by atoms with E-state index in [1.165, 1.54) is 5.56 Å². The second-order valence-electron chi connectivity index (χ2n) is 5.69. The number of aromatic nitrogens is 2. The average molecular weight is 332 g/mol. The fraction of sp³-hybridized carbons (Fsp3) is 0.200. The van der Waals surface area contributed by atoms with E-state index in [1.807, 2.05) is 53.3 Å². The van der Waals surface area contributed by atoms with Crippen LogP contribution in [0.4, 0.5) is 0 Å². The molecule has 0 aliphatic heterocycles. The van der Waals surface area contributed by atoms with Crippen molar-refractivity contribution in [1.82, 2.24) is 15.1 Å². The zero-order chi connectivity index (χ0) is 17.3. The van der Waals surface area contributed by atoms with Crippen molar-refractivity contribution in [3.05, 3.63) is 83.7 Å². The van der Waals surface area contributed by atoms with Crippen LogP contribution in [-0.4, -0.2) is 16.3 Å². The van der Waals surface area contributed by atoms with Crippen LogP contribution < -0.4 is 10.1 Å². The van der Waals surface area contributed by atoms with Crippen LogP contribution in [0.1, 0.15) is 16.7 Å². The van der Waals surface area contributed by atoms with Crippen molar-refractivity contribution in [2.75, 3.05) is 6.54 Å². The number of nitrogens with one attached hydrogen (secondary N) is 1. The van der Waals surface area contributed by atoms with Crippen molar-refractivity contribution in [3.8, 4) is 11.8 Å². The summed E-state index contributed by atoms with van der Waals surface area (Å²) in [7, 11) is 0. The highest BCUT2D eigenvalue weighted by Crippen LogP contribution is 2.15. The Kier molecular flexibility index (Phi) is 5.81. The van der Waals surface area contributed by atoms with Gasteiger partial charge in [0.2, 0.25) is 0 Å². The molecule has 1 heterocycles. The Bertz CT molecular complexity index is 837. The third-order valence-electron chi connectivity index (χ3n) is 3.77. The molecule has 5 nitrogen and oxygen atoms in total. The minimum absolute atomic E-state index is 0.450. The highest BCUT2D eigenvalue weighted by Gasteiger charge is 2.00. The van der Waals surface area contributed by atoms with Crippen LogP contribution in [0, 0.1) is 11.3 Å². The molecule has 0 atom stereocenters. The van der Waals surface area contributed by atoms with Gasteiger partial charge in [0.1, 0.15) is 12.4 Å². The Morgan fingerprint density at radius 3 is 2.80 bits per heavy atom. The highest BCUT2D eigenvalue weighted by molar-refractivity contribution is 5.33. The summed E-state index contributed by atoms with van der Waals surface area (Å²) in [4.78, 5) is 0. The van der Waals surface area contributed by atoms with E-state index in [2.05, 4.69) is 22.6 Å². The second kappa shape index (κ2) is 8.67. The number of ether oxygens (including phenoxy) is 1. The molecule has 0 spiro atoms. The Labute approximate surface area is 147 Å². The maximum absolute atomic E-state index is 8.94. The molecule has 1 aromatic heterocycles. The van der Waals surface area contributed by atoms with Gasteiger partial charge in [-0.15, -0.1) is 0 Å². The maximum Gasteiger partial charge on any atom is 0.120 e. The summed E-state index contributed by atoms with van der Waals surface area (Å²) in [5, 5.41) is 16.5. The van der Waals surface area contributed by atoms with Gasteiger partial charge in [0.25, 0.3) is 0 Å². The topological polar surface area (TPSA) is 62.9 Å². The molecule has 0 amide bonds. The number of nitriles is 1. The summed E-state index contributed by atoms with van der Waals surface area (Å²) in [5.74, 6) is 0.828. The molecule has 126 valence electrons. The molecule has 0 aliphatic carbocycles. The van der Waals surface area contributed by atoms with Crippen LogP contribution in [-0.2, 0) is 19.7 Å². The SMILES string of the molecule is N#Cc1cccc(COc2cccc(CNCCn3cccn3)c2)c1. The van der Waals surface area contributed by atoms with E-state index in [4.69, 9.17) is 10.00 Å². The number of rotatable bonds is 8. The third kappa shape index (κ3) is 5.20. The van der Waals surface area contributed by atoms with Crippen LogP contribution >= 0.6 is 0 Å². The van der Waals surface area contributed by atoms with Crippen LogP contribution in [0.15, 0.2) is 67.0 Å². The van der Waals surface area contributed by atoms with Crippen molar-refractivity contribution in [2.45, 2.75) is 19.7 Å². The van der Waals surface area contributed by atoms with Crippen molar-refractivity contribution < 1.29 is 4.74 Å². The van der Waals surface area contributed by atoms with E-state index < -0.39 is 0 Å². The lowest BCUT2D eigenvalue weighted by molar-refractivity contribution is 0.306. The van der Waals surface area contributed by atoms with Gasteiger partial charge in [0, 0.05) is 25.5 Å². The molecule has 1 N–H and O–H groups in total. The first-order chi connectivity index (χ1) is 12.3. The van der Waals surface area contributed by atoms with Crippen molar-refractivity contribution in [1.29, 1.82) is 5.26 Å². The fourth-order valence-corrected chi connectivity index (χ4v) is 2.50. The molecule has 0 unspecified atom stereocenters. The molecule has 5 heteroatoms. The Morgan fingerprint density at radius 1 is 1.08 bits per heavy atom. The van der Waals surface area contributed by atoms with Crippen molar-refractivity contribution in [2.24, 2.45) is 0 Å². The zero-order valence-corrected chi connectivity index (χ0v) is 13.9. The lowest BCUT2D eigenvalue weighted by Gasteiger charge is -2.09. The van der Waals surface area contributed by atoms with Gasteiger partial charge in [-0.1, -0.05) is 24.3 Å². The summed E-state index contributed by atoms with van der Waals surface area (Å²) in [6.07, 6.45) is 3.74. The largest absolute Gasteiger partial charge is 0.489 e. The molecule has 0 saturated heterocycles. The molecule has 25 heavy (non-hydrogen) atoms. The Balaban J connectivity index is 1.48. The summed E-state index contributed by atoms with van der Waals surface area (Å²) < 4.78 is 7.75. The average Bonchev–Trinajstić information content (AvgIpc) is 3.18. The smallest absolute Gasteiger partial charge is 0.120 e. The summed E-state index contributed by atoms with van der Waals surface area (Å²) in [5.41, 5.74) is 2.81. The van der Waals surface area contributed by atoms with Gasteiger partial charge in [-0.05, 0) is 41.5 Å². The van der Waals surface area contributed by atoms with Gasteiger partial charge >= 0.3 is 0 Å². The first-order valence-corrected chi connectivity index (χ1v) is 8.22. The van der Waals surface area contributed by atoms with E-state index in [0.29, 0.717) is 12.2 Å². The predicted molar refractivity (Wildman–Crippen MR) is 95.9 cm³/mol. The molecule has 2 aromatic carbocycles. The van der Waals surface area contributed by atoms with Gasteiger partial charge in [-0.25, -0.2) is 0 Å². The van der Waals surface area contributed by atoms with Gasteiger partial charge < -0.3 is 10.1 Å². The predicted octanol–water partition coefficient (Wildman–Crippen LogP) is 3.12. The Hall–Kier alpha value is -3.10. The van der Waals surface area contributed by atoms with Gasteiger partial charge in [0.05, 0.1) is 18.2 Å². The lowest BCUT2D eigenvalue weighted by Crippen LogP contribution is -2.19. The number of benzene rings is 2. The summed E-state index contributed by atoms with van der Waals surface area (Å²) in [6.45, 7) is 2.93. The number of hydrogen-bond donors (Lipinski definition) is 1. The molecule has 0 aliphatic rings. The minimum atomic E-state index is 0.450. The molecule has 0 saturated carbocycles. The van der Waals surface area contributed by atoms with Crippen LogP contribution in [0.2, 0.25) is 0 Å². The quantitative estimate of drug-likeness (QED) is 0.644. The van der Waals surface area contributed by atoms with Crippen molar-refractivity contribution in [3.63, 3.8) is 0 Å². The molecule has 0 fully saturated rings. The van der Waals surface area contributed by atoms with Gasteiger partial charge in [-0.2, -0.15) is 10.4 Å². The van der Waals surface area contributed by atoms with Crippen LogP contribution in [0.5, 0.6) is 5.75 Å². The normalized spacial score (nSPS) is 10.4. The van der Waals surface area contributed by atoms with Crippen LogP contribution in [0.25, 0.3) is 0 Å². The molecular formula is C20H20N4O. The Morgan fingerprint density at radius 2 is 1.96 bits per heavy atom. The van der Waals surface area contributed by atoms with E-state index in [9.17, 15) is 0 Å². The lowest BCUT2D eigenvalue weighted by atomic mass is 10.1. The van der Waals surface area contributed by atoms with Crippen LogP contribution in [0.3, 0.4) is 0 Å². The van der Waals surface area contributed by atoms with Crippen molar-refractivity contribution >= 4 is 0 Å². The molecular weight excluding hydrogens is 312 g/mol. The first-order valence-electron chi connectivity index (χ1n) is 8.22. The molecule has 3 rings (SSSR count). The standard InChI is InChI=1S/C20H20N4O/c21-14-17-4-1-6-19(12-17)16-25-20-7-2-5-18(13-20)15-22-9-11-24-10-3-8-23-24/h1-8,10,12-13,22H,9,11,15-16H2. The third-order valence-corrected chi connectivity index (χ3v) is 3.77. The highest BCUT2D eigenvalue weighted by atomic mass is 16.5. The van der Waals surface area contributed by atoms with E-state index in [1.54, 1.807) is 12.3 Å². The number of nitrogens with zero attached hydrogens (tertiary/aromatic N) is 3. The second-order valence-corrected chi connectivity index (χ2v) is 5.69. The molecule has 0 bridgehead atoms. The van der Waals surface area contributed by atoms with E-state index >= 15 is 0 Å². The van der Waals surface area contributed by atoms with E-state index in [-0.39, 0.29) is 0 Å². The molecule has 0 radical (unpaired) electrons. The number of hydrogen-bond acceptors (Lipinski definition) is 4. The zero-order valence-electron chi connectivity index (χ0n) is 13.9. The first kappa shape index (κ1) is 16.7. The maximum atomic E-state index is 8.94. The fourth-order valence-electron chi connectivity index (χ4n) is 2.50. The molecule has 3 aromatic rings.